The van der Waals surface area contributed by atoms with E-state index in [0.717, 1.165) is 38.0 Å². The van der Waals surface area contributed by atoms with Gasteiger partial charge in [-0.1, -0.05) is 36.5 Å². The van der Waals surface area contributed by atoms with Crippen molar-refractivity contribution in [1.29, 1.82) is 0 Å². The predicted molar refractivity (Wildman–Crippen MR) is 145 cm³/mol. The molecule has 7 nitrogen and oxygen atoms in total. The molecule has 2 N–H and O–H groups in total. The Hall–Kier alpha value is -2.51. The summed E-state index contributed by atoms with van der Waals surface area (Å²) in [6.07, 6.45) is 5.22. The van der Waals surface area contributed by atoms with Gasteiger partial charge in [-0.3, -0.25) is 9.59 Å². The number of carbonyl (C=O) groups is 2. The lowest BCUT2D eigenvalue weighted by molar-refractivity contribution is -0.135. The molecular weight excluding hydrogens is 499 g/mol. The summed E-state index contributed by atoms with van der Waals surface area (Å²) in [5.41, 5.74) is -0.534. The average Bonchev–Trinajstić information content (AvgIpc) is 2.81. The van der Waals surface area contributed by atoms with Gasteiger partial charge in [-0.2, -0.15) is 0 Å². The number of anilines is 1. The number of amides is 2. The number of benzene rings is 1. The molecule has 1 aromatic heterocycles. The van der Waals surface area contributed by atoms with E-state index in [9.17, 15) is 9.59 Å². The molecule has 1 aromatic carbocycles. The van der Waals surface area contributed by atoms with E-state index in [-0.39, 0.29) is 29.9 Å². The number of nitrogens with zero attached hydrogens (tertiary/aromatic N) is 2. The van der Waals surface area contributed by atoms with Gasteiger partial charge in [0.15, 0.2) is 5.60 Å². The number of halogens is 2. The first-order valence-electron chi connectivity index (χ1n) is 12.5. The molecule has 0 saturated carbocycles. The lowest BCUT2D eigenvalue weighted by Crippen LogP contribution is -2.55. The molecular formula is C27H36Cl2N4O3. The summed E-state index contributed by atoms with van der Waals surface area (Å²) in [6.45, 7) is 10.3. The second-order valence-corrected chi connectivity index (χ2v) is 10.9. The van der Waals surface area contributed by atoms with E-state index < -0.39 is 5.60 Å². The van der Waals surface area contributed by atoms with Crippen molar-refractivity contribution in [2.24, 2.45) is 0 Å². The fourth-order valence-electron chi connectivity index (χ4n) is 4.37. The minimum Gasteiger partial charge on any atom is -0.478 e. The maximum atomic E-state index is 13.1. The smallest absolute Gasteiger partial charge is 0.263 e. The van der Waals surface area contributed by atoms with E-state index >= 15 is 0 Å². The maximum Gasteiger partial charge on any atom is 0.263 e. The molecule has 0 bridgehead atoms. The molecule has 2 unspecified atom stereocenters. The molecule has 2 amide bonds. The molecule has 9 heteroatoms. The minimum atomic E-state index is -1.08. The number of pyridine rings is 1. The average molecular weight is 536 g/mol. The highest BCUT2D eigenvalue weighted by atomic mass is 35.5. The van der Waals surface area contributed by atoms with Gasteiger partial charge in [-0.15, -0.1) is 0 Å². The molecule has 3 rings (SSSR count). The monoisotopic (exact) mass is 534 g/mol. The van der Waals surface area contributed by atoms with E-state index in [1.54, 1.807) is 38.2 Å². The topological polar surface area (TPSA) is 83.6 Å². The van der Waals surface area contributed by atoms with Crippen molar-refractivity contribution in [3.05, 3.63) is 52.1 Å². The van der Waals surface area contributed by atoms with Crippen molar-refractivity contribution >= 4 is 40.8 Å². The van der Waals surface area contributed by atoms with Crippen molar-refractivity contribution in [2.75, 3.05) is 11.4 Å². The molecule has 2 heterocycles. The number of piperidine rings is 1. The van der Waals surface area contributed by atoms with E-state index in [1.807, 2.05) is 26.0 Å². The first-order valence-corrected chi connectivity index (χ1v) is 13.2. The zero-order valence-electron chi connectivity index (χ0n) is 21.6. The summed E-state index contributed by atoms with van der Waals surface area (Å²) in [4.78, 5) is 32.3. The number of hydrogen-bond donors (Lipinski definition) is 2. The Morgan fingerprint density at radius 3 is 2.56 bits per heavy atom. The quantitative estimate of drug-likeness (QED) is 0.435. The van der Waals surface area contributed by atoms with Gasteiger partial charge >= 0.3 is 0 Å². The van der Waals surface area contributed by atoms with Crippen LogP contribution in [0.4, 0.5) is 5.82 Å². The Balaban J connectivity index is 1.63. The number of carbonyl (C=O) groups excluding carboxylic acids is 2. The van der Waals surface area contributed by atoms with Gasteiger partial charge < -0.3 is 20.3 Å². The second-order valence-electron chi connectivity index (χ2n) is 10.1. The van der Waals surface area contributed by atoms with Crippen LogP contribution in [0.1, 0.15) is 70.7 Å². The molecule has 1 aliphatic heterocycles. The van der Waals surface area contributed by atoms with Crippen molar-refractivity contribution in [3.63, 3.8) is 0 Å². The SMILES string of the molecule is CCCC1CC(NC(=O)C(C)(C)Oc2ccc(Cl)c(Cl)c2)CCN1c1ccc(C(=O)NC(C)C)cn1. The molecule has 0 aliphatic carbocycles. The highest BCUT2D eigenvalue weighted by Crippen LogP contribution is 2.30. The number of rotatable bonds is 9. The van der Waals surface area contributed by atoms with Crippen LogP contribution in [0.25, 0.3) is 0 Å². The van der Waals surface area contributed by atoms with E-state index in [2.05, 4.69) is 27.4 Å². The molecule has 196 valence electrons. The van der Waals surface area contributed by atoms with E-state index in [0.29, 0.717) is 21.4 Å². The normalized spacial score (nSPS) is 18.2. The largest absolute Gasteiger partial charge is 0.478 e. The summed E-state index contributed by atoms with van der Waals surface area (Å²) in [5, 5.41) is 6.88. The van der Waals surface area contributed by atoms with Crippen LogP contribution in [0.2, 0.25) is 10.0 Å². The number of nitrogens with one attached hydrogen (secondary N) is 2. The van der Waals surface area contributed by atoms with Gasteiger partial charge in [0.05, 0.1) is 15.6 Å². The molecule has 1 fully saturated rings. The lowest BCUT2D eigenvalue weighted by atomic mass is 9.93. The van der Waals surface area contributed by atoms with Gasteiger partial charge in [0.1, 0.15) is 11.6 Å². The van der Waals surface area contributed by atoms with E-state index in [4.69, 9.17) is 27.9 Å². The van der Waals surface area contributed by atoms with Gasteiger partial charge in [0.2, 0.25) is 0 Å². The number of ether oxygens (including phenoxy) is 1. The van der Waals surface area contributed by atoms with Crippen molar-refractivity contribution in [1.82, 2.24) is 15.6 Å². The van der Waals surface area contributed by atoms with Gasteiger partial charge in [0.25, 0.3) is 11.8 Å². The number of aromatic nitrogens is 1. The third kappa shape index (κ3) is 7.26. The predicted octanol–water partition coefficient (Wildman–Crippen LogP) is 5.64. The van der Waals surface area contributed by atoms with Gasteiger partial charge in [-0.25, -0.2) is 4.98 Å². The highest BCUT2D eigenvalue weighted by molar-refractivity contribution is 6.42. The first kappa shape index (κ1) is 28.1. The van der Waals surface area contributed by atoms with Crippen molar-refractivity contribution in [3.8, 4) is 5.75 Å². The fourth-order valence-corrected chi connectivity index (χ4v) is 4.66. The molecule has 0 spiro atoms. The van der Waals surface area contributed by atoms with Gasteiger partial charge in [-0.05, 0) is 71.2 Å². The third-order valence-corrected chi connectivity index (χ3v) is 6.95. The molecule has 2 atom stereocenters. The summed E-state index contributed by atoms with van der Waals surface area (Å²) in [6, 6.07) is 9.01. The molecule has 36 heavy (non-hydrogen) atoms. The molecule has 1 saturated heterocycles. The summed E-state index contributed by atoms with van der Waals surface area (Å²) < 4.78 is 5.95. The van der Waals surface area contributed by atoms with Gasteiger partial charge in [0, 0.05) is 36.9 Å². The Labute approximate surface area is 223 Å². The Kier molecular flexibility index (Phi) is 9.47. The van der Waals surface area contributed by atoms with Crippen molar-refractivity contribution < 1.29 is 14.3 Å². The summed E-state index contributed by atoms with van der Waals surface area (Å²) >= 11 is 12.1. The minimum absolute atomic E-state index is 0.0260. The van der Waals surface area contributed by atoms with Crippen LogP contribution in [-0.4, -0.2) is 47.1 Å². The fraction of sp³-hybridized carbons (Fsp3) is 0.519. The van der Waals surface area contributed by atoms with Crippen LogP contribution in [0.3, 0.4) is 0 Å². The molecule has 1 aliphatic rings. The zero-order valence-corrected chi connectivity index (χ0v) is 23.1. The Morgan fingerprint density at radius 2 is 1.94 bits per heavy atom. The standard InChI is InChI=1S/C27H36Cl2N4O3/c1-6-7-20-14-19(32-26(35)27(4,5)36-21-9-10-22(28)23(29)15-21)12-13-33(20)24-11-8-18(16-30-24)25(34)31-17(2)3/h8-11,15-17,19-20H,6-7,12-14H2,1-5H3,(H,31,34)(H,32,35). The lowest BCUT2D eigenvalue weighted by Gasteiger charge is -2.41. The molecule has 2 aromatic rings. The molecule has 0 radical (unpaired) electrons. The maximum absolute atomic E-state index is 13.1. The Bertz CT molecular complexity index is 1060. The third-order valence-electron chi connectivity index (χ3n) is 6.21. The van der Waals surface area contributed by atoms with E-state index in [1.165, 1.54) is 0 Å². The zero-order chi connectivity index (χ0) is 26.5. The van der Waals surface area contributed by atoms with Crippen LogP contribution in [0.15, 0.2) is 36.5 Å². The van der Waals surface area contributed by atoms with Crippen LogP contribution in [0.5, 0.6) is 5.75 Å². The van der Waals surface area contributed by atoms with Crippen LogP contribution < -0.4 is 20.3 Å². The van der Waals surface area contributed by atoms with Crippen LogP contribution in [-0.2, 0) is 4.79 Å². The summed E-state index contributed by atoms with van der Waals surface area (Å²) in [7, 11) is 0. The van der Waals surface area contributed by atoms with Crippen LogP contribution in [0, 0.1) is 0 Å². The Morgan fingerprint density at radius 1 is 1.19 bits per heavy atom. The second kappa shape index (κ2) is 12.2. The highest BCUT2D eigenvalue weighted by Gasteiger charge is 2.35. The first-order chi connectivity index (χ1) is 17.0. The summed E-state index contributed by atoms with van der Waals surface area (Å²) in [5.74, 6) is 1.03. The van der Waals surface area contributed by atoms with Crippen LogP contribution >= 0.6 is 23.2 Å². The van der Waals surface area contributed by atoms with Crippen molar-refractivity contribution in [2.45, 2.75) is 84.0 Å². The number of hydrogen-bond acceptors (Lipinski definition) is 5.